The molecule has 1 aliphatic heterocycles. The van der Waals surface area contributed by atoms with E-state index in [1.807, 2.05) is 0 Å². The molecule has 0 aromatic heterocycles. The Morgan fingerprint density at radius 2 is 0.950 bits per heavy atom. The molecule has 2 heteroatoms. The maximum Gasteiger partial charge on any atom is 0.136 e. The van der Waals surface area contributed by atoms with Crippen LogP contribution in [0.5, 0.6) is 0 Å². The molecule has 0 fully saturated rings. The van der Waals surface area contributed by atoms with E-state index in [1.54, 1.807) is 0 Å². The normalized spacial score (nSPS) is 21.9. The molecular weight excluding hydrogens is 248 g/mol. The second kappa shape index (κ2) is 5.61. The fraction of sp³-hybridized carbons (Fsp3) is 0.222. The molecule has 0 bridgehead atoms. The summed E-state index contributed by atoms with van der Waals surface area (Å²) in [7, 11) is 0. The van der Waals surface area contributed by atoms with E-state index < -0.39 is 0 Å². The predicted octanol–water partition coefficient (Wildman–Crippen LogP) is 4.60. The van der Waals surface area contributed by atoms with Crippen LogP contribution in [-0.4, -0.2) is 0 Å². The van der Waals surface area contributed by atoms with Crippen molar-refractivity contribution in [1.29, 1.82) is 0 Å². The van der Waals surface area contributed by atoms with Gasteiger partial charge in [0.15, 0.2) is 0 Å². The first-order valence-corrected chi connectivity index (χ1v) is 6.86. The second-order valence-corrected chi connectivity index (χ2v) is 5.24. The van der Waals surface area contributed by atoms with Crippen LogP contribution in [0.15, 0.2) is 60.7 Å². The molecule has 1 aliphatic rings. The lowest BCUT2D eigenvalue weighted by atomic mass is 10.0. The van der Waals surface area contributed by atoms with Crippen molar-refractivity contribution in [2.75, 3.05) is 0 Å². The zero-order chi connectivity index (χ0) is 13.9. The van der Waals surface area contributed by atoms with Gasteiger partial charge in [0.25, 0.3) is 0 Å². The predicted molar refractivity (Wildman–Crippen MR) is 79.2 cm³/mol. The van der Waals surface area contributed by atoms with Crippen LogP contribution in [0.25, 0.3) is 0 Å². The molecule has 0 spiro atoms. The summed E-state index contributed by atoms with van der Waals surface area (Å²) >= 11 is 0. The third-order valence-corrected chi connectivity index (χ3v) is 3.54. The van der Waals surface area contributed by atoms with E-state index in [2.05, 4.69) is 74.5 Å². The molecule has 20 heavy (non-hydrogen) atoms. The molecule has 0 N–H and O–H groups in total. The van der Waals surface area contributed by atoms with Crippen molar-refractivity contribution in [2.24, 2.45) is 0 Å². The van der Waals surface area contributed by atoms with Gasteiger partial charge in [-0.3, -0.25) is 0 Å². The lowest BCUT2D eigenvalue weighted by Gasteiger charge is -2.23. The second-order valence-electron chi connectivity index (χ2n) is 5.24. The molecule has 2 atom stereocenters. The summed E-state index contributed by atoms with van der Waals surface area (Å²) in [5.41, 5.74) is 4.70. The molecule has 2 nitrogen and oxygen atoms in total. The van der Waals surface area contributed by atoms with E-state index in [4.69, 9.17) is 9.78 Å². The Balaban J connectivity index is 1.74. The SMILES string of the molecule is Cc1ccc([C@@H]2C=C[C@H](c3ccc(C)cc3)OO2)cc1. The van der Waals surface area contributed by atoms with Crippen molar-refractivity contribution in [3.63, 3.8) is 0 Å². The van der Waals surface area contributed by atoms with Crippen LogP contribution in [0.3, 0.4) is 0 Å². The summed E-state index contributed by atoms with van der Waals surface area (Å²) in [6.45, 7) is 4.15. The molecule has 102 valence electrons. The lowest BCUT2D eigenvalue weighted by molar-refractivity contribution is -0.345. The van der Waals surface area contributed by atoms with E-state index in [1.165, 1.54) is 11.1 Å². The minimum absolute atomic E-state index is 0.128. The monoisotopic (exact) mass is 266 g/mol. The van der Waals surface area contributed by atoms with Crippen LogP contribution >= 0.6 is 0 Å². The molecule has 0 radical (unpaired) electrons. The van der Waals surface area contributed by atoms with Gasteiger partial charge in [0.2, 0.25) is 0 Å². The Morgan fingerprint density at radius 1 is 0.600 bits per heavy atom. The fourth-order valence-corrected chi connectivity index (χ4v) is 2.23. The quantitative estimate of drug-likeness (QED) is 0.584. The van der Waals surface area contributed by atoms with Gasteiger partial charge in [-0.25, -0.2) is 9.78 Å². The highest BCUT2D eigenvalue weighted by atomic mass is 17.2. The van der Waals surface area contributed by atoms with Crippen molar-refractivity contribution in [2.45, 2.75) is 26.1 Å². The zero-order valence-electron chi connectivity index (χ0n) is 11.7. The highest BCUT2D eigenvalue weighted by Crippen LogP contribution is 2.31. The number of hydrogen-bond acceptors (Lipinski definition) is 2. The molecule has 2 aromatic carbocycles. The number of benzene rings is 2. The maximum atomic E-state index is 5.51. The molecule has 2 aromatic rings. The van der Waals surface area contributed by atoms with Gasteiger partial charge < -0.3 is 0 Å². The van der Waals surface area contributed by atoms with Crippen LogP contribution in [0.4, 0.5) is 0 Å². The first kappa shape index (κ1) is 13.1. The van der Waals surface area contributed by atoms with Crippen LogP contribution in [0, 0.1) is 13.8 Å². The summed E-state index contributed by atoms with van der Waals surface area (Å²) in [5, 5.41) is 0. The summed E-state index contributed by atoms with van der Waals surface area (Å²) in [6.07, 6.45) is 3.85. The minimum atomic E-state index is -0.128. The van der Waals surface area contributed by atoms with Gasteiger partial charge in [-0.15, -0.1) is 0 Å². The van der Waals surface area contributed by atoms with Crippen molar-refractivity contribution in [3.8, 4) is 0 Å². The number of aryl methyl sites for hydroxylation is 2. The van der Waals surface area contributed by atoms with Gasteiger partial charge >= 0.3 is 0 Å². The topological polar surface area (TPSA) is 18.5 Å². The standard InChI is InChI=1S/C18H18O2/c1-13-3-7-15(8-4-13)17-11-12-18(20-19-17)16-9-5-14(2)6-10-16/h3-12,17-18H,1-2H3/t17-,18+. The largest absolute Gasteiger partial charge is 0.223 e. The van der Waals surface area contributed by atoms with Gasteiger partial charge in [-0.2, -0.15) is 0 Å². The van der Waals surface area contributed by atoms with Crippen molar-refractivity contribution < 1.29 is 9.78 Å². The third kappa shape index (κ3) is 2.82. The van der Waals surface area contributed by atoms with Crippen LogP contribution < -0.4 is 0 Å². The molecule has 0 unspecified atom stereocenters. The van der Waals surface area contributed by atoms with Gasteiger partial charge in [-0.1, -0.05) is 59.7 Å². The van der Waals surface area contributed by atoms with Gasteiger partial charge in [0, 0.05) is 0 Å². The Kier molecular flexibility index (Phi) is 3.68. The lowest BCUT2D eigenvalue weighted by Crippen LogP contribution is -2.12. The number of hydrogen-bond donors (Lipinski definition) is 0. The Bertz CT molecular complexity index is 541. The van der Waals surface area contributed by atoms with Gasteiger partial charge in [-0.05, 0) is 37.1 Å². The van der Waals surface area contributed by atoms with Crippen LogP contribution in [0.1, 0.15) is 34.5 Å². The highest BCUT2D eigenvalue weighted by molar-refractivity contribution is 5.29. The average molecular weight is 266 g/mol. The van der Waals surface area contributed by atoms with E-state index in [-0.39, 0.29) is 12.2 Å². The average Bonchev–Trinajstić information content (AvgIpc) is 2.49. The fourth-order valence-electron chi connectivity index (χ4n) is 2.23. The van der Waals surface area contributed by atoms with E-state index in [0.717, 1.165) is 11.1 Å². The van der Waals surface area contributed by atoms with Crippen molar-refractivity contribution in [1.82, 2.24) is 0 Å². The van der Waals surface area contributed by atoms with E-state index in [9.17, 15) is 0 Å². The molecule has 0 amide bonds. The molecule has 0 saturated carbocycles. The maximum absolute atomic E-state index is 5.51. The summed E-state index contributed by atoms with van der Waals surface area (Å²) in [6, 6.07) is 16.6. The van der Waals surface area contributed by atoms with Crippen LogP contribution in [-0.2, 0) is 9.78 Å². The van der Waals surface area contributed by atoms with E-state index >= 15 is 0 Å². The number of rotatable bonds is 2. The molecule has 0 saturated heterocycles. The molecule has 0 aliphatic carbocycles. The summed E-state index contributed by atoms with van der Waals surface area (Å²) < 4.78 is 0. The minimum Gasteiger partial charge on any atom is -0.223 e. The van der Waals surface area contributed by atoms with E-state index in [0.29, 0.717) is 0 Å². The Hall–Kier alpha value is -1.90. The third-order valence-electron chi connectivity index (χ3n) is 3.54. The van der Waals surface area contributed by atoms with Crippen molar-refractivity contribution in [3.05, 3.63) is 82.9 Å². The Morgan fingerprint density at radius 3 is 1.25 bits per heavy atom. The van der Waals surface area contributed by atoms with Crippen molar-refractivity contribution >= 4 is 0 Å². The first-order valence-electron chi connectivity index (χ1n) is 6.86. The Labute approximate surface area is 119 Å². The van der Waals surface area contributed by atoms with Crippen LogP contribution in [0.2, 0.25) is 0 Å². The molecule has 3 rings (SSSR count). The van der Waals surface area contributed by atoms with Gasteiger partial charge in [0.05, 0.1) is 0 Å². The molecular formula is C18H18O2. The smallest absolute Gasteiger partial charge is 0.136 e. The first-order chi connectivity index (χ1) is 9.72. The molecule has 1 heterocycles. The zero-order valence-corrected chi connectivity index (χ0v) is 11.7. The van der Waals surface area contributed by atoms with Gasteiger partial charge in [0.1, 0.15) is 12.2 Å². The summed E-state index contributed by atoms with van der Waals surface area (Å²) in [4.78, 5) is 11.0. The summed E-state index contributed by atoms with van der Waals surface area (Å²) in [5.74, 6) is 0. The highest BCUT2D eigenvalue weighted by Gasteiger charge is 2.20.